The molecule has 6 heteroatoms. The second kappa shape index (κ2) is 2.21. The summed E-state index contributed by atoms with van der Waals surface area (Å²) >= 11 is 0. The first-order chi connectivity index (χ1) is 5.98. The quantitative estimate of drug-likeness (QED) is 0.485. The van der Waals surface area contributed by atoms with E-state index in [1.165, 1.54) is 0 Å². The maximum Gasteiger partial charge on any atom is 0.326 e. The number of nitrogens with two attached hydrogens (primary N) is 1. The summed E-state index contributed by atoms with van der Waals surface area (Å²) in [5.74, 6) is -3.54. The molecule has 13 heavy (non-hydrogen) atoms. The van der Waals surface area contributed by atoms with Gasteiger partial charge < -0.3 is 20.7 Å². The Morgan fingerprint density at radius 2 is 2.08 bits per heavy atom. The zero-order chi connectivity index (χ0) is 9.80. The predicted molar refractivity (Wildman–Crippen MR) is 38.9 cm³/mol. The molecule has 2 fully saturated rings. The second-order valence-corrected chi connectivity index (χ2v) is 3.51. The first-order valence-electron chi connectivity index (χ1n) is 3.85. The summed E-state index contributed by atoms with van der Waals surface area (Å²) in [4.78, 5) is 21.3. The number of aliphatic carboxylic acids is 2. The molecule has 0 aromatic rings. The lowest BCUT2D eigenvalue weighted by Gasteiger charge is -2.19. The van der Waals surface area contributed by atoms with Gasteiger partial charge in [-0.3, -0.25) is 9.59 Å². The van der Waals surface area contributed by atoms with Crippen LogP contribution in [0.15, 0.2) is 0 Å². The van der Waals surface area contributed by atoms with Crippen molar-refractivity contribution in [1.29, 1.82) is 0 Å². The molecule has 0 bridgehead atoms. The third-order valence-electron chi connectivity index (χ3n) is 2.75. The Bertz CT molecular complexity index is 291. The molecule has 1 saturated heterocycles. The van der Waals surface area contributed by atoms with Crippen molar-refractivity contribution < 1.29 is 24.5 Å². The standard InChI is InChI=1S/C7H9NO5/c8-7(6(11)12)1-13-4-2(3(4)7)5(9)10/h2-4H,1,8H2,(H,9,10)(H,11,12)/t2-,3-,4+,7?/m1/s1. The molecular formula is C7H9NO5. The minimum absolute atomic E-state index is 0.0958. The van der Waals surface area contributed by atoms with Gasteiger partial charge in [-0.15, -0.1) is 0 Å². The highest BCUT2D eigenvalue weighted by atomic mass is 16.5. The molecule has 0 aromatic carbocycles. The van der Waals surface area contributed by atoms with Crippen LogP contribution in [0.2, 0.25) is 0 Å². The van der Waals surface area contributed by atoms with Crippen LogP contribution < -0.4 is 5.73 Å². The van der Waals surface area contributed by atoms with Crippen LogP contribution in [0.3, 0.4) is 0 Å². The summed E-state index contributed by atoms with van der Waals surface area (Å²) in [6.45, 7) is -0.0958. The summed E-state index contributed by atoms with van der Waals surface area (Å²) in [6, 6.07) is 0. The summed E-state index contributed by atoms with van der Waals surface area (Å²) < 4.78 is 4.99. The van der Waals surface area contributed by atoms with E-state index in [2.05, 4.69) is 0 Å². The number of hydrogen-bond acceptors (Lipinski definition) is 4. The molecule has 6 nitrogen and oxygen atoms in total. The van der Waals surface area contributed by atoms with Crippen LogP contribution in [-0.2, 0) is 14.3 Å². The van der Waals surface area contributed by atoms with Crippen LogP contribution >= 0.6 is 0 Å². The molecule has 1 saturated carbocycles. The van der Waals surface area contributed by atoms with Crippen molar-refractivity contribution >= 4 is 11.9 Å². The van der Waals surface area contributed by atoms with Crippen LogP contribution in [0.4, 0.5) is 0 Å². The van der Waals surface area contributed by atoms with Gasteiger partial charge in [-0.05, 0) is 0 Å². The maximum absolute atomic E-state index is 10.7. The number of carboxylic acids is 2. The zero-order valence-electron chi connectivity index (χ0n) is 6.64. The SMILES string of the molecule is NC1(C(=O)O)CO[C@H]2[C@H](C(=O)O)[C@H]21. The van der Waals surface area contributed by atoms with Gasteiger partial charge in [0.05, 0.1) is 18.6 Å². The molecule has 1 unspecified atom stereocenters. The van der Waals surface area contributed by atoms with E-state index >= 15 is 0 Å². The minimum Gasteiger partial charge on any atom is -0.481 e. The summed E-state index contributed by atoms with van der Waals surface area (Å²) in [5, 5.41) is 17.4. The number of hydrogen-bond donors (Lipinski definition) is 3. The Hall–Kier alpha value is -1.14. The highest BCUT2D eigenvalue weighted by molar-refractivity contribution is 5.85. The van der Waals surface area contributed by atoms with Crippen molar-refractivity contribution in [3.05, 3.63) is 0 Å². The highest BCUT2D eigenvalue weighted by Gasteiger charge is 2.72. The van der Waals surface area contributed by atoms with Crippen molar-refractivity contribution in [1.82, 2.24) is 0 Å². The van der Waals surface area contributed by atoms with Crippen molar-refractivity contribution in [3.8, 4) is 0 Å². The van der Waals surface area contributed by atoms with Gasteiger partial charge in [-0.25, -0.2) is 0 Å². The van der Waals surface area contributed by atoms with E-state index in [-0.39, 0.29) is 6.61 Å². The Balaban J connectivity index is 2.20. The topological polar surface area (TPSA) is 110 Å². The fourth-order valence-corrected chi connectivity index (χ4v) is 1.93. The van der Waals surface area contributed by atoms with Crippen molar-refractivity contribution in [2.24, 2.45) is 17.6 Å². The molecule has 72 valence electrons. The number of rotatable bonds is 2. The van der Waals surface area contributed by atoms with Crippen LogP contribution in [0.5, 0.6) is 0 Å². The van der Waals surface area contributed by atoms with E-state index in [9.17, 15) is 9.59 Å². The molecule has 0 amide bonds. The first-order valence-corrected chi connectivity index (χ1v) is 3.85. The van der Waals surface area contributed by atoms with Gasteiger partial charge in [0, 0.05) is 5.92 Å². The summed E-state index contributed by atoms with van der Waals surface area (Å²) in [7, 11) is 0. The fourth-order valence-electron chi connectivity index (χ4n) is 1.93. The third-order valence-corrected chi connectivity index (χ3v) is 2.75. The van der Waals surface area contributed by atoms with Gasteiger partial charge in [0.25, 0.3) is 0 Å². The zero-order valence-corrected chi connectivity index (χ0v) is 6.64. The van der Waals surface area contributed by atoms with Crippen molar-refractivity contribution in [2.45, 2.75) is 11.6 Å². The highest BCUT2D eigenvalue weighted by Crippen LogP contribution is 2.53. The van der Waals surface area contributed by atoms with Gasteiger partial charge in [-0.2, -0.15) is 0 Å². The number of carbonyl (C=O) groups is 2. The van der Waals surface area contributed by atoms with E-state index < -0.39 is 35.4 Å². The summed E-state index contributed by atoms with van der Waals surface area (Å²) in [6.07, 6.45) is -0.501. The molecule has 1 aliphatic carbocycles. The van der Waals surface area contributed by atoms with E-state index in [4.69, 9.17) is 20.7 Å². The van der Waals surface area contributed by atoms with Crippen molar-refractivity contribution in [2.75, 3.05) is 6.61 Å². The van der Waals surface area contributed by atoms with E-state index in [0.717, 1.165) is 0 Å². The number of ether oxygens (including phenoxy) is 1. The van der Waals surface area contributed by atoms with E-state index in [1.54, 1.807) is 0 Å². The average molecular weight is 187 g/mol. The lowest BCUT2D eigenvalue weighted by Crippen LogP contribution is -2.52. The van der Waals surface area contributed by atoms with E-state index in [1.807, 2.05) is 0 Å². The molecule has 0 spiro atoms. The van der Waals surface area contributed by atoms with Gasteiger partial charge in [0.15, 0.2) is 0 Å². The lowest BCUT2D eigenvalue weighted by atomic mass is 9.95. The van der Waals surface area contributed by atoms with Crippen LogP contribution in [0, 0.1) is 11.8 Å². The molecule has 1 heterocycles. The van der Waals surface area contributed by atoms with Crippen LogP contribution in [-0.4, -0.2) is 40.4 Å². The van der Waals surface area contributed by atoms with Gasteiger partial charge >= 0.3 is 11.9 Å². The molecule has 1 aliphatic heterocycles. The average Bonchev–Trinajstić information content (AvgIpc) is 2.66. The molecule has 0 radical (unpaired) electrons. The molecular weight excluding hydrogens is 178 g/mol. The Labute approximate surface area is 73.3 Å². The van der Waals surface area contributed by atoms with E-state index in [0.29, 0.717) is 0 Å². The van der Waals surface area contributed by atoms with Crippen LogP contribution in [0.25, 0.3) is 0 Å². The normalized spacial score (nSPS) is 47.0. The van der Waals surface area contributed by atoms with Gasteiger partial charge in [-0.1, -0.05) is 0 Å². The predicted octanol–water partition coefficient (Wildman–Crippen LogP) is -1.50. The summed E-state index contributed by atoms with van der Waals surface area (Å²) in [5.41, 5.74) is 4.02. The van der Waals surface area contributed by atoms with Gasteiger partial charge in [0.2, 0.25) is 0 Å². The van der Waals surface area contributed by atoms with Crippen molar-refractivity contribution in [3.63, 3.8) is 0 Å². The lowest BCUT2D eigenvalue weighted by molar-refractivity contribution is -0.147. The molecule has 2 rings (SSSR count). The van der Waals surface area contributed by atoms with Crippen LogP contribution in [0.1, 0.15) is 0 Å². The smallest absolute Gasteiger partial charge is 0.326 e. The first kappa shape index (κ1) is 8.46. The molecule has 0 aromatic heterocycles. The fraction of sp³-hybridized carbons (Fsp3) is 0.714. The molecule has 4 N–H and O–H groups in total. The Morgan fingerprint density at radius 3 is 2.46 bits per heavy atom. The second-order valence-electron chi connectivity index (χ2n) is 3.51. The molecule has 2 aliphatic rings. The largest absolute Gasteiger partial charge is 0.481 e. The Kier molecular flexibility index (Phi) is 1.44. The number of fused-ring (bicyclic) bond motifs is 1. The third kappa shape index (κ3) is 0.895. The Morgan fingerprint density at radius 1 is 1.46 bits per heavy atom. The monoisotopic (exact) mass is 187 g/mol. The maximum atomic E-state index is 10.7. The molecule has 4 atom stereocenters. The minimum atomic E-state index is -1.51. The number of carboxylic acid groups (broad SMARTS) is 2. The van der Waals surface area contributed by atoms with Gasteiger partial charge in [0.1, 0.15) is 5.54 Å².